The van der Waals surface area contributed by atoms with Crippen LogP contribution in [0.15, 0.2) is 12.3 Å². The minimum absolute atomic E-state index is 0.597. The van der Waals surface area contributed by atoms with Crippen molar-refractivity contribution in [2.75, 3.05) is 6.54 Å². The Morgan fingerprint density at radius 2 is 2.12 bits per heavy atom. The number of aryl methyl sites for hydroxylation is 2. The molecule has 1 unspecified atom stereocenters. The number of nitrogens with zero attached hydrogens (tertiary/aromatic N) is 2. The predicted molar refractivity (Wildman–Crippen MR) is 68.4 cm³/mol. The fourth-order valence-corrected chi connectivity index (χ4v) is 1.82. The van der Waals surface area contributed by atoms with E-state index in [0.29, 0.717) is 6.04 Å². The maximum atomic E-state index is 4.18. The monoisotopic (exact) mass is 223 g/mol. The summed E-state index contributed by atoms with van der Waals surface area (Å²) < 4.78 is 1.97. The van der Waals surface area contributed by atoms with E-state index < -0.39 is 0 Å². The zero-order valence-electron chi connectivity index (χ0n) is 11.0. The van der Waals surface area contributed by atoms with Crippen LogP contribution < -0.4 is 5.32 Å². The molecule has 0 amide bonds. The van der Waals surface area contributed by atoms with Crippen LogP contribution in [0.1, 0.15) is 39.3 Å². The summed E-state index contributed by atoms with van der Waals surface area (Å²) in [6.07, 6.45) is 5.55. The number of hydrogen-bond donors (Lipinski definition) is 1. The first-order valence-corrected chi connectivity index (χ1v) is 6.30. The quantitative estimate of drug-likeness (QED) is 0.769. The van der Waals surface area contributed by atoms with Crippen LogP contribution in [0.3, 0.4) is 0 Å². The van der Waals surface area contributed by atoms with Crippen molar-refractivity contribution in [3.63, 3.8) is 0 Å². The Balaban J connectivity index is 2.13. The van der Waals surface area contributed by atoms with Gasteiger partial charge in [-0.1, -0.05) is 20.8 Å². The van der Waals surface area contributed by atoms with E-state index in [1.165, 1.54) is 18.5 Å². The van der Waals surface area contributed by atoms with Gasteiger partial charge in [0.1, 0.15) is 0 Å². The molecule has 0 bridgehead atoms. The van der Waals surface area contributed by atoms with Gasteiger partial charge in [-0.15, -0.1) is 0 Å². The smallest absolute Gasteiger partial charge is 0.0492 e. The van der Waals surface area contributed by atoms with Crippen molar-refractivity contribution in [2.45, 2.75) is 46.1 Å². The second kappa shape index (κ2) is 6.69. The summed E-state index contributed by atoms with van der Waals surface area (Å²) in [5.74, 6) is 0.760. The lowest BCUT2D eigenvalue weighted by Gasteiger charge is -2.14. The highest BCUT2D eigenvalue weighted by molar-refractivity contribution is 4.99. The SMILES string of the molecule is CC(CCCc1ccnn1C)CNC(C)C. The van der Waals surface area contributed by atoms with Gasteiger partial charge in [-0.3, -0.25) is 4.68 Å². The number of hydrogen-bond acceptors (Lipinski definition) is 2. The first kappa shape index (κ1) is 13.2. The Morgan fingerprint density at radius 1 is 1.38 bits per heavy atom. The van der Waals surface area contributed by atoms with E-state index >= 15 is 0 Å². The molecule has 0 fully saturated rings. The summed E-state index contributed by atoms with van der Waals surface area (Å²) >= 11 is 0. The molecule has 1 heterocycles. The van der Waals surface area contributed by atoms with Crippen LogP contribution in [0.5, 0.6) is 0 Å². The van der Waals surface area contributed by atoms with Gasteiger partial charge in [-0.05, 0) is 37.8 Å². The molecule has 0 aliphatic carbocycles. The molecule has 1 N–H and O–H groups in total. The van der Waals surface area contributed by atoms with E-state index in [2.05, 4.69) is 37.3 Å². The highest BCUT2D eigenvalue weighted by atomic mass is 15.2. The summed E-state index contributed by atoms with van der Waals surface area (Å²) in [7, 11) is 2.01. The Kier molecular flexibility index (Phi) is 5.53. The summed E-state index contributed by atoms with van der Waals surface area (Å²) in [6, 6.07) is 2.70. The van der Waals surface area contributed by atoms with E-state index in [4.69, 9.17) is 0 Å². The van der Waals surface area contributed by atoms with Gasteiger partial charge in [0.15, 0.2) is 0 Å². The lowest BCUT2D eigenvalue weighted by Crippen LogP contribution is -2.27. The third kappa shape index (κ3) is 4.79. The largest absolute Gasteiger partial charge is 0.314 e. The molecule has 3 nitrogen and oxygen atoms in total. The summed E-state index contributed by atoms with van der Waals surface area (Å²) in [5, 5.41) is 7.66. The topological polar surface area (TPSA) is 29.9 Å². The lowest BCUT2D eigenvalue weighted by atomic mass is 10.0. The van der Waals surface area contributed by atoms with Gasteiger partial charge < -0.3 is 5.32 Å². The second-order valence-corrected chi connectivity index (χ2v) is 5.01. The molecule has 0 saturated carbocycles. The molecule has 0 aromatic carbocycles. The fraction of sp³-hybridized carbons (Fsp3) is 0.769. The number of aromatic nitrogens is 2. The molecule has 0 saturated heterocycles. The van der Waals surface area contributed by atoms with E-state index in [9.17, 15) is 0 Å². The molecular formula is C13H25N3. The van der Waals surface area contributed by atoms with Crippen LogP contribution in [0, 0.1) is 5.92 Å². The Hall–Kier alpha value is -0.830. The van der Waals surface area contributed by atoms with Crippen LogP contribution in [0.2, 0.25) is 0 Å². The summed E-state index contributed by atoms with van der Waals surface area (Å²) in [5.41, 5.74) is 1.34. The number of nitrogens with one attached hydrogen (secondary N) is 1. The van der Waals surface area contributed by atoms with Crippen LogP contribution in [-0.2, 0) is 13.5 Å². The molecule has 0 spiro atoms. The lowest BCUT2D eigenvalue weighted by molar-refractivity contribution is 0.440. The standard InChI is InChI=1S/C13H25N3/c1-11(2)14-10-12(3)6-5-7-13-8-9-15-16(13)4/h8-9,11-12,14H,5-7,10H2,1-4H3. The van der Waals surface area contributed by atoms with Gasteiger partial charge in [0, 0.05) is 25.0 Å². The van der Waals surface area contributed by atoms with Crippen LogP contribution in [-0.4, -0.2) is 22.4 Å². The average Bonchev–Trinajstić information content (AvgIpc) is 2.61. The molecule has 0 aliphatic rings. The fourth-order valence-electron chi connectivity index (χ4n) is 1.82. The molecule has 0 aliphatic heterocycles. The zero-order chi connectivity index (χ0) is 12.0. The van der Waals surface area contributed by atoms with Gasteiger partial charge >= 0.3 is 0 Å². The normalized spacial score (nSPS) is 13.3. The Bertz CT molecular complexity index is 291. The van der Waals surface area contributed by atoms with Crippen molar-refractivity contribution < 1.29 is 0 Å². The van der Waals surface area contributed by atoms with E-state index in [1.807, 2.05) is 17.9 Å². The highest BCUT2D eigenvalue weighted by Crippen LogP contribution is 2.09. The Morgan fingerprint density at radius 3 is 2.69 bits per heavy atom. The zero-order valence-corrected chi connectivity index (χ0v) is 11.0. The van der Waals surface area contributed by atoms with Gasteiger partial charge in [0.25, 0.3) is 0 Å². The molecular weight excluding hydrogens is 198 g/mol. The molecule has 3 heteroatoms. The van der Waals surface area contributed by atoms with Gasteiger partial charge in [-0.25, -0.2) is 0 Å². The maximum Gasteiger partial charge on any atom is 0.0492 e. The molecule has 92 valence electrons. The molecule has 0 radical (unpaired) electrons. The van der Waals surface area contributed by atoms with Gasteiger partial charge in [0.05, 0.1) is 0 Å². The minimum Gasteiger partial charge on any atom is -0.314 e. The summed E-state index contributed by atoms with van der Waals surface area (Å²) in [4.78, 5) is 0. The van der Waals surface area contributed by atoms with Gasteiger partial charge in [0.2, 0.25) is 0 Å². The number of rotatable bonds is 7. The third-order valence-electron chi connectivity index (χ3n) is 2.93. The maximum absolute atomic E-state index is 4.18. The van der Waals surface area contributed by atoms with Gasteiger partial charge in [-0.2, -0.15) is 5.10 Å². The third-order valence-corrected chi connectivity index (χ3v) is 2.93. The van der Waals surface area contributed by atoms with Crippen molar-refractivity contribution in [1.29, 1.82) is 0 Å². The van der Waals surface area contributed by atoms with E-state index in [-0.39, 0.29) is 0 Å². The second-order valence-electron chi connectivity index (χ2n) is 5.01. The molecule has 1 rings (SSSR count). The predicted octanol–water partition coefficient (Wildman–Crippen LogP) is 2.38. The first-order chi connectivity index (χ1) is 7.59. The molecule has 1 aromatic rings. The van der Waals surface area contributed by atoms with Crippen molar-refractivity contribution in [3.05, 3.63) is 18.0 Å². The van der Waals surface area contributed by atoms with Crippen molar-refractivity contribution in [3.8, 4) is 0 Å². The summed E-state index contributed by atoms with van der Waals surface area (Å²) in [6.45, 7) is 7.84. The average molecular weight is 223 g/mol. The van der Waals surface area contributed by atoms with E-state index in [1.54, 1.807) is 0 Å². The van der Waals surface area contributed by atoms with Crippen LogP contribution >= 0.6 is 0 Å². The minimum atomic E-state index is 0.597. The van der Waals surface area contributed by atoms with Crippen LogP contribution in [0.25, 0.3) is 0 Å². The van der Waals surface area contributed by atoms with E-state index in [0.717, 1.165) is 18.9 Å². The highest BCUT2D eigenvalue weighted by Gasteiger charge is 2.04. The molecule has 16 heavy (non-hydrogen) atoms. The molecule has 1 atom stereocenters. The Labute approximate surface area is 99.2 Å². The van der Waals surface area contributed by atoms with Crippen LogP contribution in [0.4, 0.5) is 0 Å². The van der Waals surface area contributed by atoms with Crippen molar-refractivity contribution in [1.82, 2.24) is 15.1 Å². The van der Waals surface area contributed by atoms with Crippen molar-refractivity contribution >= 4 is 0 Å². The van der Waals surface area contributed by atoms with Crippen molar-refractivity contribution in [2.24, 2.45) is 13.0 Å². The first-order valence-electron chi connectivity index (χ1n) is 6.30. The molecule has 1 aromatic heterocycles.